The Morgan fingerprint density at radius 3 is 2.63 bits per heavy atom. The van der Waals surface area contributed by atoms with Gasteiger partial charge in [-0.25, -0.2) is 4.79 Å². The molecule has 4 nitrogen and oxygen atoms in total. The maximum Gasteiger partial charge on any atom is 0.355 e. The summed E-state index contributed by atoms with van der Waals surface area (Å²) in [6.07, 6.45) is 0. The van der Waals surface area contributed by atoms with Gasteiger partial charge in [-0.3, -0.25) is 0 Å². The minimum Gasteiger partial charge on any atom is -0.464 e. The fraction of sp³-hybridized carbons (Fsp3) is 0.136. The smallest absolute Gasteiger partial charge is 0.355 e. The van der Waals surface area contributed by atoms with Crippen molar-refractivity contribution in [3.63, 3.8) is 0 Å². The number of methoxy groups -OCH3 is 1. The molecule has 1 aliphatic heterocycles. The second-order valence-electron chi connectivity index (χ2n) is 6.79. The number of hydrogen-bond donors (Lipinski definition) is 0. The third-order valence-electron chi connectivity index (χ3n) is 5.36. The number of carbonyl (C=O) groups is 1. The van der Waals surface area contributed by atoms with E-state index in [1.54, 1.807) is 0 Å². The molecular formula is C22H17ClN2O2. The fourth-order valence-corrected chi connectivity index (χ4v) is 4.42. The number of halogens is 1. The summed E-state index contributed by atoms with van der Waals surface area (Å²) < 4.78 is 9.34. The standard InChI is InChI=1S/C22H17ClN2O2/c1-24-20-16(12-25-17-9-8-15(23)10-14(17)11-18(20)25)19(21(24)22(26)27-2)13-6-4-3-5-7-13/h3-11H,12H2,1-2H3. The number of carbonyl (C=O) groups excluding carboxylic acids is 1. The number of aromatic nitrogens is 2. The summed E-state index contributed by atoms with van der Waals surface area (Å²) in [7, 11) is 3.35. The van der Waals surface area contributed by atoms with Gasteiger partial charge in [0.15, 0.2) is 0 Å². The highest BCUT2D eigenvalue weighted by molar-refractivity contribution is 6.31. The van der Waals surface area contributed by atoms with Crippen molar-refractivity contribution in [3.8, 4) is 22.5 Å². The van der Waals surface area contributed by atoms with Crippen molar-refractivity contribution >= 4 is 28.5 Å². The van der Waals surface area contributed by atoms with Gasteiger partial charge < -0.3 is 13.9 Å². The molecule has 0 saturated heterocycles. The highest BCUT2D eigenvalue weighted by Crippen LogP contribution is 2.45. The van der Waals surface area contributed by atoms with Crippen LogP contribution in [0.1, 0.15) is 16.1 Å². The molecule has 0 saturated carbocycles. The van der Waals surface area contributed by atoms with E-state index in [-0.39, 0.29) is 5.97 Å². The first kappa shape index (κ1) is 16.2. The van der Waals surface area contributed by atoms with Gasteiger partial charge in [-0.1, -0.05) is 41.9 Å². The van der Waals surface area contributed by atoms with Gasteiger partial charge in [0, 0.05) is 34.1 Å². The highest BCUT2D eigenvalue weighted by Gasteiger charge is 2.33. The Morgan fingerprint density at radius 2 is 1.89 bits per heavy atom. The maximum atomic E-state index is 12.6. The molecule has 0 amide bonds. The third kappa shape index (κ3) is 2.20. The van der Waals surface area contributed by atoms with Gasteiger partial charge in [0.1, 0.15) is 5.69 Å². The number of fused-ring (bicyclic) bond motifs is 5. The molecule has 2 aromatic carbocycles. The van der Waals surface area contributed by atoms with Crippen LogP contribution in [0.15, 0.2) is 54.6 Å². The van der Waals surface area contributed by atoms with Crippen LogP contribution in [0.2, 0.25) is 5.02 Å². The second-order valence-corrected chi connectivity index (χ2v) is 7.22. The first-order chi connectivity index (χ1) is 13.1. The Labute approximate surface area is 161 Å². The van der Waals surface area contributed by atoms with Crippen LogP contribution in [0.4, 0.5) is 0 Å². The minimum absolute atomic E-state index is 0.323. The predicted octanol–water partition coefficient (Wildman–Crippen LogP) is 5.12. The van der Waals surface area contributed by atoms with Crippen molar-refractivity contribution in [3.05, 3.63) is 70.9 Å². The van der Waals surface area contributed by atoms with Crippen molar-refractivity contribution in [2.75, 3.05) is 7.11 Å². The molecule has 0 bridgehead atoms. The topological polar surface area (TPSA) is 36.2 Å². The maximum absolute atomic E-state index is 12.6. The summed E-state index contributed by atoms with van der Waals surface area (Å²) >= 11 is 6.17. The number of ether oxygens (including phenoxy) is 1. The van der Waals surface area contributed by atoms with Crippen LogP contribution in [-0.2, 0) is 18.3 Å². The van der Waals surface area contributed by atoms with Crippen LogP contribution >= 0.6 is 11.6 Å². The number of nitrogens with zero attached hydrogens (tertiary/aromatic N) is 2. The Hall–Kier alpha value is -2.98. The molecule has 0 spiro atoms. The van der Waals surface area contributed by atoms with Gasteiger partial charge in [-0.05, 0) is 29.8 Å². The Kier molecular flexibility index (Phi) is 3.46. The number of benzene rings is 2. The van der Waals surface area contributed by atoms with E-state index in [4.69, 9.17) is 16.3 Å². The molecule has 2 aromatic heterocycles. The summed E-state index contributed by atoms with van der Waals surface area (Å²) in [6, 6.07) is 18.1. The zero-order valence-corrected chi connectivity index (χ0v) is 15.7. The first-order valence-electron chi connectivity index (χ1n) is 8.74. The van der Waals surface area contributed by atoms with E-state index in [2.05, 4.69) is 16.7 Å². The van der Waals surface area contributed by atoms with Crippen molar-refractivity contribution in [2.45, 2.75) is 6.54 Å². The molecule has 5 rings (SSSR count). The summed E-state index contributed by atoms with van der Waals surface area (Å²) in [5.41, 5.74) is 7.00. The van der Waals surface area contributed by atoms with Crippen LogP contribution in [0, 0.1) is 0 Å². The molecule has 0 atom stereocenters. The molecule has 1 aliphatic rings. The SMILES string of the molecule is COC(=O)c1c(-c2ccccc2)c2c(n1C)-c1cc3cc(Cl)ccc3n1C2. The quantitative estimate of drug-likeness (QED) is 0.401. The molecule has 5 heteroatoms. The summed E-state index contributed by atoms with van der Waals surface area (Å²) in [6.45, 7) is 0.713. The van der Waals surface area contributed by atoms with E-state index in [0.29, 0.717) is 12.2 Å². The Bertz CT molecular complexity index is 1220. The molecule has 134 valence electrons. The van der Waals surface area contributed by atoms with E-state index < -0.39 is 0 Å². The Morgan fingerprint density at radius 1 is 1.11 bits per heavy atom. The minimum atomic E-state index is -0.323. The number of hydrogen-bond acceptors (Lipinski definition) is 2. The van der Waals surface area contributed by atoms with E-state index in [9.17, 15) is 4.79 Å². The molecule has 0 radical (unpaired) electrons. The van der Waals surface area contributed by atoms with Gasteiger partial charge in [0.05, 0.1) is 25.0 Å². The fourth-order valence-electron chi connectivity index (χ4n) is 4.24. The van der Waals surface area contributed by atoms with Crippen LogP contribution in [0.3, 0.4) is 0 Å². The molecule has 27 heavy (non-hydrogen) atoms. The molecule has 3 heterocycles. The molecular weight excluding hydrogens is 360 g/mol. The van der Waals surface area contributed by atoms with Gasteiger partial charge in [-0.15, -0.1) is 0 Å². The van der Waals surface area contributed by atoms with Gasteiger partial charge in [0.2, 0.25) is 0 Å². The molecule has 4 aromatic rings. The molecule has 0 aliphatic carbocycles. The summed E-state index contributed by atoms with van der Waals surface area (Å²) in [4.78, 5) is 12.6. The lowest BCUT2D eigenvalue weighted by molar-refractivity contribution is 0.0591. The van der Waals surface area contributed by atoms with E-state index in [1.165, 1.54) is 7.11 Å². The highest BCUT2D eigenvalue weighted by atomic mass is 35.5. The lowest BCUT2D eigenvalue weighted by Gasteiger charge is -2.10. The van der Waals surface area contributed by atoms with Crippen molar-refractivity contribution < 1.29 is 9.53 Å². The average molecular weight is 377 g/mol. The Balaban J connectivity index is 1.83. The van der Waals surface area contributed by atoms with Gasteiger partial charge in [-0.2, -0.15) is 0 Å². The van der Waals surface area contributed by atoms with Crippen LogP contribution in [0.25, 0.3) is 33.4 Å². The number of esters is 1. The first-order valence-corrected chi connectivity index (χ1v) is 9.12. The average Bonchev–Trinajstić information content (AvgIpc) is 3.29. The van der Waals surface area contributed by atoms with E-state index in [1.807, 2.05) is 54.1 Å². The second kappa shape index (κ2) is 5.76. The van der Waals surface area contributed by atoms with Crippen LogP contribution in [-0.4, -0.2) is 22.2 Å². The van der Waals surface area contributed by atoms with Crippen molar-refractivity contribution in [1.82, 2.24) is 9.13 Å². The molecule has 0 unspecified atom stereocenters. The molecule has 0 N–H and O–H groups in total. The zero-order valence-electron chi connectivity index (χ0n) is 15.0. The predicted molar refractivity (Wildman–Crippen MR) is 107 cm³/mol. The third-order valence-corrected chi connectivity index (χ3v) is 5.59. The lowest BCUT2D eigenvalue weighted by atomic mass is 10.00. The normalized spacial score (nSPS) is 12.3. The number of rotatable bonds is 2. The van der Waals surface area contributed by atoms with Gasteiger partial charge in [0.25, 0.3) is 0 Å². The monoisotopic (exact) mass is 376 g/mol. The summed E-state index contributed by atoms with van der Waals surface area (Å²) in [5.74, 6) is -0.323. The molecule has 0 fully saturated rings. The van der Waals surface area contributed by atoms with Crippen molar-refractivity contribution in [1.29, 1.82) is 0 Å². The largest absolute Gasteiger partial charge is 0.464 e. The van der Waals surface area contributed by atoms with Gasteiger partial charge >= 0.3 is 5.97 Å². The van der Waals surface area contributed by atoms with Crippen molar-refractivity contribution in [2.24, 2.45) is 7.05 Å². The lowest BCUT2D eigenvalue weighted by Crippen LogP contribution is -2.10. The van der Waals surface area contributed by atoms with E-state index >= 15 is 0 Å². The summed E-state index contributed by atoms with van der Waals surface area (Å²) in [5, 5.41) is 1.82. The van der Waals surface area contributed by atoms with E-state index in [0.717, 1.165) is 44.0 Å². The zero-order chi connectivity index (χ0) is 18.7. The van der Waals surface area contributed by atoms with Crippen LogP contribution < -0.4 is 0 Å². The van der Waals surface area contributed by atoms with Crippen LogP contribution in [0.5, 0.6) is 0 Å².